The Balaban J connectivity index is 0.000000146. The normalized spacial score (nSPS) is 11.4. The van der Waals surface area contributed by atoms with Gasteiger partial charge in [0.2, 0.25) is 0 Å². The van der Waals surface area contributed by atoms with E-state index in [0.717, 1.165) is 87.6 Å². The van der Waals surface area contributed by atoms with E-state index in [0.29, 0.717) is 34.9 Å². The largest absolute Gasteiger partial charge is 0.208 e. The van der Waals surface area contributed by atoms with Crippen LogP contribution in [0.25, 0.3) is 232 Å². The van der Waals surface area contributed by atoms with Crippen LogP contribution >= 0.6 is 0 Å². The van der Waals surface area contributed by atoms with Gasteiger partial charge in [0.25, 0.3) is 0 Å². The Bertz CT molecular complexity index is 7650. The van der Waals surface area contributed by atoms with Gasteiger partial charge in [-0.15, -0.1) is 0 Å². The Labute approximate surface area is 706 Å². The van der Waals surface area contributed by atoms with Gasteiger partial charge in [0.15, 0.2) is 34.9 Å². The minimum atomic E-state index is 0.630. The first-order valence-electron chi connectivity index (χ1n) is 41.5. The Morgan fingerprint density at radius 2 is 0.287 bits per heavy atom. The zero-order chi connectivity index (χ0) is 80.8. The van der Waals surface area contributed by atoms with E-state index < -0.39 is 0 Å². The van der Waals surface area contributed by atoms with E-state index in [1.165, 1.54) is 110 Å². The summed E-state index contributed by atoms with van der Waals surface area (Å²) in [6, 6.07) is 160. The monoisotopic (exact) mass is 1550 g/mol. The SMILES string of the molecule is c1ccc(-c2ccc(-c3ccccc3-c3c4ccccc4c(-c4ccc(-c5nc(-c6cccc7ccccc67)nc(-c6cccc7ccccc67)n5)cc4)c4ccccc34)cc2)cc1.c1ccc(-c2ccccc2-c2c3ccccc3c(-c3ccc(-c4nc(-c5cccc6ccccc56)nc(-c5cccc6ccccc56)n4)cc3)c3ccccc23)cc1. The van der Waals surface area contributed by atoms with Crippen molar-refractivity contribution in [3.8, 4) is 146 Å². The van der Waals surface area contributed by atoms with Crippen molar-refractivity contribution < 1.29 is 0 Å². The van der Waals surface area contributed by atoms with E-state index in [2.05, 4.69) is 449 Å². The molecule has 21 aromatic carbocycles. The molecule has 6 nitrogen and oxygen atoms in total. The van der Waals surface area contributed by atoms with Gasteiger partial charge in [-0.3, -0.25) is 0 Å². The first kappa shape index (κ1) is 72.2. The molecule has 6 heteroatoms. The number of hydrogen-bond acceptors (Lipinski definition) is 6. The average molecular weight is 1550 g/mol. The summed E-state index contributed by atoms with van der Waals surface area (Å²) in [7, 11) is 0. The summed E-state index contributed by atoms with van der Waals surface area (Å²) in [5, 5.41) is 18.7. The minimum Gasteiger partial charge on any atom is -0.208 e. The van der Waals surface area contributed by atoms with Gasteiger partial charge in [0, 0.05) is 33.4 Å². The molecular weight excluding hydrogens is 1480 g/mol. The second kappa shape index (κ2) is 31.3. The third-order valence-corrected chi connectivity index (χ3v) is 23.9. The lowest BCUT2D eigenvalue weighted by atomic mass is 9.83. The predicted octanol–water partition coefficient (Wildman–Crippen LogP) is 30.6. The van der Waals surface area contributed by atoms with Crippen molar-refractivity contribution in [2.24, 2.45) is 0 Å². The molecule has 0 saturated heterocycles. The topological polar surface area (TPSA) is 77.3 Å². The molecule has 0 unspecified atom stereocenters. The molecule has 0 amide bonds. The summed E-state index contributed by atoms with van der Waals surface area (Å²) in [4.78, 5) is 31.1. The fourth-order valence-electron chi connectivity index (χ4n) is 18.2. The third-order valence-electron chi connectivity index (χ3n) is 23.9. The number of aromatic nitrogens is 6. The van der Waals surface area contributed by atoms with Crippen molar-refractivity contribution in [2.75, 3.05) is 0 Å². The van der Waals surface area contributed by atoms with Crippen LogP contribution in [0.2, 0.25) is 0 Å². The number of nitrogens with zero attached hydrogens (tertiary/aromatic N) is 6. The van der Waals surface area contributed by atoms with Crippen molar-refractivity contribution in [2.45, 2.75) is 0 Å². The summed E-state index contributed by atoms with van der Waals surface area (Å²) in [5.74, 6) is 3.86. The summed E-state index contributed by atoms with van der Waals surface area (Å²) < 4.78 is 0. The van der Waals surface area contributed by atoms with E-state index in [-0.39, 0.29) is 0 Å². The number of benzene rings is 21. The predicted molar refractivity (Wildman–Crippen MR) is 510 cm³/mol. The van der Waals surface area contributed by atoms with Gasteiger partial charge in [-0.2, -0.15) is 0 Å². The van der Waals surface area contributed by atoms with Gasteiger partial charge in [-0.1, -0.05) is 449 Å². The van der Waals surface area contributed by atoms with Crippen molar-refractivity contribution in [3.05, 3.63) is 449 Å². The maximum absolute atomic E-state index is 5.21. The Kier molecular flexibility index (Phi) is 18.5. The Morgan fingerprint density at radius 3 is 0.598 bits per heavy atom. The lowest BCUT2D eigenvalue weighted by Gasteiger charge is -2.20. The fourth-order valence-corrected chi connectivity index (χ4v) is 18.2. The smallest absolute Gasteiger partial charge is 0.164 e. The molecule has 0 radical (unpaired) electrons. The number of hydrogen-bond donors (Lipinski definition) is 0. The molecule has 122 heavy (non-hydrogen) atoms. The van der Waals surface area contributed by atoms with Crippen molar-refractivity contribution in [1.82, 2.24) is 29.9 Å². The van der Waals surface area contributed by atoms with Gasteiger partial charge in [-0.25, -0.2) is 29.9 Å². The highest BCUT2D eigenvalue weighted by Gasteiger charge is 2.25. The summed E-state index contributed by atoms with van der Waals surface area (Å²) in [6.07, 6.45) is 0. The van der Waals surface area contributed by atoms with E-state index in [9.17, 15) is 0 Å². The Morgan fingerprint density at radius 1 is 0.0984 bits per heavy atom. The second-order valence-electron chi connectivity index (χ2n) is 31.0. The second-order valence-corrected chi connectivity index (χ2v) is 31.0. The molecule has 0 N–H and O–H groups in total. The van der Waals surface area contributed by atoms with Crippen LogP contribution in [-0.4, -0.2) is 29.9 Å². The molecule has 568 valence electrons. The average Bonchev–Trinajstić information content (AvgIpc) is 0.731. The van der Waals surface area contributed by atoms with E-state index in [1.807, 2.05) is 0 Å². The lowest BCUT2D eigenvalue weighted by molar-refractivity contribution is 1.08. The van der Waals surface area contributed by atoms with Crippen LogP contribution in [0.5, 0.6) is 0 Å². The molecule has 0 bridgehead atoms. The van der Waals surface area contributed by atoms with Crippen LogP contribution in [0.1, 0.15) is 0 Å². The molecule has 23 rings (SSSR count). The minimum absolute atomic E-state index is 0.630. The van der Waals surface area contributed by atoms with Gasteiger partial charge in [0.05, 0.1) is 0 Å². The zero-order valence-corrected chi connectivity index (χ0v) is 66.4. The van der Waals surface area contributed by atoms with Crippen LogP contribution in [0.4, 0.5) is 0 Å². The van der Waals surface area contributed by atoms with E-state index >= 15 is 0 Å². The van der Waals surface area contributed by atoms with E-state index in [4.69, 9.17) is 29.9 Å². The molecular formula is C116H74N6. The highest BCUT2D eigenvalue weighted by atomic mass is 15.0. The quantitative estimate of drug-likeness (QED) is 0.107. The fraction of sp³-hybridized carbons (Fsp3) is 0. The summed E-state index contributed by atoms with van der Waals surface area (Å²) in [5.41, 5.74) is 22.6. The summed E-state index contributed by atoms with van der Waals surface area (Å²) >= 11 is 0. The van der Waals surface area contributed by atoms with Crippen LogP contribution in [0.15, 0.2) is 449 Å². The van der Waals surface area contributed by atoms with Gasteiger partial charge >= 0.3 is 0 Å². The molecule has 0 aliphatic rings. The number of rotatable bonds is 13. The molecule has 0 aliphatic heterocycles. The van der Waals surface area contributed by atoms with Gasteiger partial charge in [0.1, 0.15) is 0 Å². The lowest BCUT2D eigenvalue weighted by Crippen LogP contribution is -2.01. The Hall–Kier alpha value is -16.3. The summed E-state index contributed by atoms with van der Waals surface area (Å²) in [6.45, 7) is 0. The van der Waals surface area contributed by atoms with Crippen LogP contribution in [-0.2, 0) is 0 Å². The molecule has 0 aliphatic carbocycles. The first-order chi connectivity index (χ1) is 60.5. The maximum atomic E-state index is 5.21. The standard InChI is InChI=1S/C61H39N3.C55H35N3/c1-2-16-40(17-3-1)41-32-34-44(35-33-41)47-22-8-9-25-50(47)58-53-28-12-10-26-51(53)57(52-27-11-13-29-54(52)58)45-36-38-46(39-37-45)59-62-60(55-30-14-20-42-18-4-6-23-48(42)55)64-61(63-59)56-31-15-21-43-19-5-7-24-49(43)56;1-2-16-36(17-3-1)41-22-8-9-25-44(41)52-47-28-12-10-26-45(47)51(46-27-11-13-29-48(46)52)39-32-34-40(35-33-39)53-56-54(49-30-14-20-37-18-4-6-23-42(37)49)58-55(57-53)50-31-15-21-38-19-5-7-24-43(38)50/h1-39H;1-35H. The molecule has 2 heterocycles. The molecule has 0 atom stereocenters. The van der Waals surface area contributed by atoms with Gasteiger partial charge < -0.3 is 0 Å². The van der Waals surface area contributed by atoms with Crippen LogP contribution < -0.4 is 0 Å². The highest BCUT2D eigenvalue weighted by molar-refractivity contribution is 6.24. The maximum Gasteiger partial charge on any atom is 0.164 e. The first-order valence-corrected chi connectivity index (χ1v) is 41.5. The molecule has 0 fully saturated rings. The highest BCUT2D eigenvalue weighted by Crippen LogP contribution is 2.50. The zero-order valence-electron chi connectivity index (χ0n) is 66.4. The van der Waals surface area contributed by atoms with Crippen molar-refractivity contribution >= 4 is 86.2 Å². The van der Waals surface area contributed by atoms with Crippen LogP contribution in [0.3, 0.4) is 0 Å². The molecule has 0 saturated carbocycles. The number of fused-ring (bicyclic) bond motifs is 8. The van der Waals surface area contributed by atoms with E-state index in [1.54, 1.807) is 0 Å². The molecule has 0 spiro atoms. The van der Waals surface area contributed by atoms with Gasteiger partial charge in [-0.05, 0) is 164 Å². The van der Waals surface area contributed by atoms with Crippen molar-refractivity contribution in [3.63, 3.8) is 0 Å². The van der Waals surface area contributed by atoms with Crippen LogP contribution in [0, 0.1) is 0 Å². The van der Waals surface area contributed by atoms with Crippen molar-refractivity contribution in [1.29, 1.82) is 0 Å². The third kappa shape index (κ3) is 13.2. The molecule has 23 aromatic rings. The molecule has 2 aromatic heterocycles.